The smallest absolute Gasteiger partial charge is 0.123 e. The highest BCUT2D eigenvalue weighted by Gasteiger charge is 2.31. The third kappa shape index (κ3) is 3.00. The number of alkyl halides is 2. The Kier molecular flexibility index (Phi) is 4.92. The van der Waals surface area contributed by atoms with E-state index in [0.29, 0.717) is 0 Å². The quantitative estimate of drug-likeness (QED) is 0.680. The van der Waals surface area contributed by atoms with Crippen LogP contribution in [0, 0.1) is 5.82 Å². The van der Waals surface area contributed by atoms with E-state index in [1.165, 1.54) is 10.9 Å². The second kappa shape index (κ2) is 6.26. The molecule has 0 bridgehead atoms. The van der Waals surface area contributed by atoms with Crippen LogP contribution in [-0.4, -0.2) is 15.6 Å². The zero-order valence-corrected chi connectivity index (χ0v) is 13.6. The molecule has 0 fully saturated rings. The number of aromatic nitrogens is 1. The summed E-state index contributed by atoms with van der Waals surface area (Å²) < 4.78 is 13.4. The van der Waals surface area contributed by atoms with E-state index in [9.17, 15) is 4.39 Å². The third-order valence-electron chi connectivity index (χ3n) is 2.94. The number of benzene rings is 1. The summed E-state index contributed by atoms with van der Waals surface area (Å²) in [5.74, 6) is -0.192. The fraction of sp³-hybridized carbons (Fsp3) is 0.308. The van der Waals surface area contributed by atoms with Crippen LogP contribution in [0.15, 0.2) is 36.0 Å². The lowest BCUT2D eigenvalue weighted by atomic mass is 9.81. The maximum Gasteiger partial charge on any atom is 0.123 e. The first kappa shape index (κ1) is 14.2. The number of hydrogen-bond acceptors (Lipinski definition) is 2. The van der Waals surface area contributed by atoms with Crippen LogP contribution in [0.25, 0.3) is 0 Å². The molecule has 0 aliphatic carbocycles. The number of halogens is 3. The summed E-state index contributed by atoms with van der Waals surface area (Å²) in [7, 11) is 0. The number of thiazole rings is 1. The molecule has 0 spiro atoms. The van der Waals surface area contributed by atoms with Crippen LogP contribution in [0.2, 0.25) is 0 Å². The summed E-state index contributed by atoms with van der Waals surface area (Å²) >= 11 is 8.78. The Morgan fingerprint density at radius 2 is 2.06 bits per heavy atom. The predicted molar refractivity (Wildman–Crippen MR) is 81.5 cm³/mol. The summed E-state index contributed by atoms with van der Waals surface area (Å²) in [5, 5.41) is 1.54. The van der Waals surface area contributed by atoms with Gasteiger partial charge < -0.3 is 0 Å². The third-order valence-corrected chi connectivity index (χ3v) is 5.87. The normalized spacial score (nSPS) is 11.7. The second-order valence-corrected chi connectivity index (χ2v) is 6.29. The lowest BCUT2D eigenvalue weighted by Crippen LogP contribution is -2.32. The summed E-state index contributed by atoms with van der Waals surface area (Å²) in [6.07, 6.45) is 2.72. The zero-order valence-electron chi connectivity index (χ0n) is 9.57. The molecule has 0 unspecified atom stereocenters. The lowest BCUT2D eigenvalue weighted by molar-refractivity contribution is 0.545. The van der Waals surface area contributed by atoms with Gasteiger partial charge in [-0.05, 0) is 24.1 Å². The van der Waals surface area contributed by atoms with Gasteiger partial charge in [0.2, 0.25) is 0 Å². The Morgan fingerprint density at radius 1 is 1.28 bits per heavy atom. The zero-order chi connectivity index (χ0) is 13.0. The minimum atomic E-state index is -0.192. The van der Waals surface area contributed by atoms with Crippen molar-refractivity contribution in [1.29, 1.82) is 0 Å². The molecule has 1 aromatic carbocycles. The Bertz CT molecular complexity index is 497. The molecule has 18 heavy (non-hydrogen) atoms. The Labute approximate surface area is 127 Å². The molecule has 0 saturated heterocycles. The summed E-state index contributed by atoms with van der Waals surface area (Å²) in [6, 6.07) is 6.83. The highest BCUT2D eigenvalue weighted by Crippen LogP contribution is 2.34. The minimum absolute atomic E-state index is 0.144. The van der Waals surface area contributed by atoms with Crippen molar-refractivity contribution in [3.63, 3.8) is 0 Å². The van der Waals surface area contributed by atoms with Crippen LogP contribution in [0.1, 0.15) is 10.4 Å². The van der Waals surface area contributed by atoms with E-state index in [1.807, 2.05) is 17.8 Å². The average Bonchev–Trinajstić information content (AvgIpc) is 2.89. The largest absolute Gasteiger partial charge is 0.253 e. The molecule has 2 rings (SSSR count). The second-order valence-electron chi connectivity index (χ2n) is 4.20. The Morgan fingerprint density at radius 3 is 2.61 bits per heavy atom. The summed E-state index contributed by atoms with van der Waals surface area (Å²) in [5.41, 5.74) is 2.69. The van der Waals surface area contributed by atoms with Crippen LogP contribution in [0.3, 0.4) is 0 Å². The Hall–Kier alpha value is -0.260. The Balaban J connectivity index is 2.37. The van der Waals surface area contributed by atoms with Crippen LogP contribution in [-0.2, 0) is 11.8 Å². The average molecular weight is 393 g/mol. The SMILES string of the molecule is Fc1cccc(C(CBr)(CBr)Cc2cncs2)c1. The van der Waals surface area contributed by atoms with Gasteiger partial charge in [0.1, 0.15) is 5.82 Å². The molecule has 1 nitrogen and oxygen atoms in total. The van der Waals surface area contributed by atoms with E-state index >= 15 is 0 Å². The van der Waals surface area contributed by atoms with E-state index in [0.717, 1.165) is 22.6 Å². The van der Waals surface area contributed by atoms with Gasteiger partial charge in [0.15, 0.2) is 0 Å². The van der Waals surface area contributed by atoms with Gasteiger partial charge in [0.25, 0.3) is 0 Å². The molecular weight excluding hydrogens is 381 g/mol. The molecule has 0 radical (unpaired) electrons. The van der Waals surface area contributed by atoms with Gasteiger partial charge in [-0.3, -0.25) is 4.98 Å². The van der Waals surface area contributed by atoms with Gasteiger partial charge in [0, 0.05) is 27.1 Å². The van der Waals surface area contributed by atoms with E-state index in [4.69, 9.17) is 0 Å². The van der Waals surface area contributed by atoms with E-state index < -0.39 is 0 Å². The standard InChI is InChI=1S/C13H12Br2FNS/c14-7-13(8-15,5-12-6-17-9-18-12)10-2-1-3-11(16)4-10/h1-4,6,9H,5,7-8H2. The monoisotopic (exact) mass is 391 g/mol. The molecule has 1 heterocycles. The van der Waals surface area contributed by atoms with Gasteiger partial charge in [0.05, 0.1) is 5.51 Å². The minimum Gasteiger partial charge on any atom is -0.253 e. The van der Waals surface area contributed by atoms with Gasteiger partial charge in [-0.1, -0.05) is 44.0 Å². The fourth-order valence-corrected chi connectivity index (χ4v) is 4.58. The molecular formula is C13H12Br2FNS. The molecule has 0 amide bonds. The van der Waals surface area contributed by atoms with Gasteiger partial charge >= 0.3 is 0 Å². The maximum atomic E-state index is 13.4. The van der Waals surface area contributed by atoms with Crippen molar-refractivity contribution in [3.05, 3.63) is 52.2 Å². The van der Waals surface area contributed by atoms with E-state index in [1.54, 1.807) is 23.5 Å². The molecule has 2 aromatic rings. The van der Waals surface area contributed by atoms with Crippen molar-refractivity contribution >= 4 is 43.2 Å². The summed E-state index contributed by atoms with van der Waals surface area (Å²) in [6.45, 7) is 0. The van der Waals surface area contributed by atoms with Crippen LogP contribution in [0.4, 0.5) is 4.39 Å². The molecule has 1 aromatic heterocycles. The predicted octanol–water partition coefficient (Wildman–Crippen LogP) is 4.55. The highest BCUT2D eigenvalue weighted by atomic mass is 79.9. The molecule has 0 N–H and O–H groups in total. The molecule has 0 aliphatic rings. The first-order valence-corrected chi connectivity index (χ1v) is 8.58. The first-order valence-electron chi connectivity index (χ1n) is 5.45. The van der Waals surface area contributed by atoms with Crippen LogP contribution in [0.5, 0.6) is 0 Å². The van der Waals surface area contributed by atoms with Crippen molar-refractivity contribution in [2.24, 2.45) is 0 Å². The van der Waals surface area contributed by atoms with Crippen LogP contribution < -0.4 is 0 Å². The molecule has 0 atom stereocenters. The number of nitrogens with zero attached hydrogens (tertiary/aromatic N) is 1. The topological polar surface area (TPSA) is 12.9 Å². The van der Waals surface area contributed by atoms with Crippen molar-refractivity contribution < 1.29 is 4.39 Å². The molecule has 5 heteroatoms. The van der Waals surface area contributed by atoms with Crippen LogP contribution >= 0.6 is 43.2 Å². The van der Waals surface area contributed by atoms with E-state index in [2.05, 4.69) is 36.8 Å². The summed E-state index contributed by atoms with van der Waals surface area (Å²) in [4.78, 5) is 5.31. The molecule has 96 valence electrons. The molecule has 0 aliphatic heterocycles. The first-order chi connectivity index (χ1) is 8.70. The van der Waals surface area contributed by atoms with Gasteiger partial charge in [-0.2, -0.15) is 0 Å². The fourth-order valence-electron chi connectivity index (χ4n) is 1.87. The van der Waals surface area contributed by atoms with E-state index in [-0.39, 0.29) is 11.2 Å². The lowest BCUT2D eigenvalue weighted by Gasteiger charge is -2.30. The van der Waals surface area contributed by atoms with Crippen molar-refractivity contribution in [1.82, 2.24) is 4.98 Å². The molecule has 0 saturated carbocycles. The van der Waals surface area contributed by atoms with Crippen molar-refractivity contribution in [2.45, 2.75) is 11.8 Å². The number of hydrogen-bond donors (Lipinski definition) is 0. The van der Waals surface area contributed by atoms with Crippen molar-refractivity contribution in [2.75, 3.05) is 10.7 Å². The highest BCUT2D eigenvalue weighted by molar-refractivity contribution is 9.09. The number of rotatable bonds is 5. The van der Waals surface area contributed by atoms with Crippen molar-refractivity contribution in [3.8, 4) is 0 Å². The van der Waals surface area contributed by atoms with Gasteiger partial charge in [-0.15, -0.1) is 11.3 Å². The maximum absolute atomic E-state index is 13.4. The van der Waals surface area contributed by atoms with Gasteiger partial charge in [-0.25, -0.2) is 4.39 Å².